The number of ether oxygens (including phenoxy) is 1. The van der Waals surface area contributed by atoms with Gasteiger partial charge in [-0.15, -0.1) is 0 Å². The van der Waals surface area contributed by atoms with Crippen molar-refractivity contribution in [3.63, 3.8) is 0 Å². The van der Waals surface area contributed by atoms with Crippen LogP contribution in [-0.4, -0.2) is 24.7 Å². The van der Waals surface area contributed by atoms with Crippen LogP contribution in [0, 0.1) is 17.2 Å². The molecule has 4 nitrogen and oxygen atoms in total. The van der Waals surface area contributed by atoms with Crippen molar-refractivity contribution in [3.8, 4) is 11.8 Å². The molecule has 4 heteroatoms. The van der Waals surface area contributed by atoms with E-state index in [-0.39, 0.29) is 0 Å². The zero-order chi connectivity index (χ0) is 13.1. The topological polar surface area (TPSA) is 57.9 Å². The standard InChI is InChI=1S/C15H15N3O/c16-7-12-9-18-14-4-2-1-3-13(14)15(12)19-10-11-5-6-17-8-11/h1-4,9,11,17H,5-6,8,10H2. The molecule has 3 rings (SSSR count). The molecule has 1 saturated heterocycles. The van der Waals surface area contributed by atoms with Crippen LogP contribution in [0.1, 0.15) is 12.0 Å². The Hall–Kier alpha value is -2.12. The lowest BCUT2D eigenvalue weighted by atomic mass is 10.1. The minimum absolute atomic E-state index is 0.504. The summed E-state index contributed by atoms with van der Waals surface area (Å²) in [6.07, 6.45) is 2.72. The summed E-state index contributed by atoms with van der Waals surface area (Å²) in [6, 6.07) is 9.92. The fourth-order valence-corrected chi connectivity index (χ4v) is 2.41. The van der Waals surface area contributed by atoms with Gasteiger partial charge in [0.1, 0.15) is 17.4 Å². The highest BCUT2D eigenvalue weighted by atomic mass is 16.5. The van der Waals surface area contributed by atoms with Gasteiger partial charge in [-0.25, -0.2) is 0 Å². The van der Waals surface area contributed by atoms with E-state index in [1.807, 2.05) is 24.3 Å². The summed E-state index contributed by atoms with van der Waals surface area (Å²) in [7, 11) is 0. The van der Waals surface area contributed by atoms with Crippen molar-refractivity contribution in [2.45, 2.75) is 6.42 Å². The van der Waals surface area contributed by atoms with Crippen LogP contribution >= 0.6 is 0 Å². The fourth-order valence-electron chi connectivity index (χ4n) is 2.41. The highest BCUT2D eigenvalue weighted by Gasteiger charge is 2.17. The number of nitrogens with one attached hydrogen (secondary N) is 1. The molecule has 1 aliphatic rings. The van der Waals surface area contributed by atoms with E-state index in [1.54, 1.807) is 6.20 Å². The van der Waals surface area contributed by atoms with E-state index in [1.165, 1.54) is 0 Å². The lowest BCUT2D eigenvalue weighted by Crippen LogP contribution is -2.16. The van der Waals surface area contributed by atoms with Crippen LogP contribution < -0.4 is 10.1 Å². The second kappa shape index (κ2) is 5.25. The predicted molar refractivity (Wildman–Crippen MR) is 72.9 cm³/mol. The van der Waals surface area contributed by atoms with Crippen LogP contribution in [0.5, 0.6) is 5.75 Å². The smallest absolute Gasteiger partial charge is 0.148 e. The second-order valence-electron chi connectivity index (χ2n) is 4.80. The molecule has 1 aromatic heterocycles. The average molecular weight is 253 g/mol. The molecule has 1 atom stereocenters. The van der Waals surface area contributed by atoms with E-state index >= 15 is 0 Å². The Bertz CT molecular complexity index is 627. The van der Waals surface area contributed by atoms with Crippen molar-refractivity contribution in [1.82, 2.24) is 10.3 Å². The number of pyridine rings is 1. The van der Waals surface area contributed by atoms with Crippen molar-refractivity contribution in [2.75, 3.05) is 19.7 Å². The number of hydrogen-bond donors (Lipinski definition) is 1. The van der Waals surface area contributed by atoms with E-state index in [4.69, 9.17) is 4.74 Å². The lowest BCUT2D eigenvalue weighted by Gasteiger charge is -2.13. The van der Waals surface area contributed by atoms with Gasteiger partial charge in [0.2, 0.25) is 0 Å². The third-order valence-electron chi connectivity index (χ3n) is 3.47. The van der Waals surface area contributed by atoms with Crippen LogP contribution in [0.25, 0.3) is 10.9 Å². The summed E-state index contributed by atoms with van der Waals surface area (Å²) in [5, 5.41) is 13.4. The minimum Gasteiger partial charge on any atom is -0.491 e. The third kappa shape index (κ3) is 2.38. The number of hydrogen-bond acceptors (Lipinski definition) is 4. The summed E-state index contributed by atoms with van der Waals surface area (Å²) in [5.74, 6) is 1.19. The molecule has 2 aromatic rings. The van der Waals surface area contributed by atoms with E-state index in [0.717, 1.165) is 30.4 Å². The first-order chi connectivity index (χ1) is 9.38. The van der Waals surface area contributed by atoms with Gasteiger partial charge in [0, 0.05) is 24.0 Å². The van der Waals surface area contributed by atoms with E-state index in [9.17, 15) is 5.26 Å². The number of para-hydroxylation sites is 1. The number of benzene rings is 1. The number of nitrogens with zero attached hydrogens (tertiary/aromatic N) is 2. The van der Waals surface area contributed by atoms with Gasteiger partial charge in [0.15, 0.2) is 0 Å². The Labute approximate surface area is 112 Å². The van der Waals surface area contributed by atoms with Crippen molar-refractivity contribution in [2.24, 2.45) is 5.92 Å². The molecule has 0 aliphatic carbocycles. The Morgan fingerprint density at radius 3 is 3.11 bits per heavy atom. The van der Waals surface area contributed by atoms with Crippen LogP contribution in [0.2, 0.25) is 0 Å². The minimum atomic E-state index is 0.504. The molecular weight excluding hydrogens is 238 g/mol. The average Bonchev–Trinajstić information content (AvgIpc) is 2.97. The Kier molecular flexibility index (Phi) is 3.30. The normalized spacial score (nSPS) is 18.4. The molecule has 0 radical (unpaired) electrons. The molecule has 0 spiro atoms. The Morgan fingerprint density at radius 2 is 2.32 bits per heavy atom. The summed E-state index contributed by atoms with van der Waals surface area (Å²) >= 11 is 0. The highest BCUT2D eigenvalue weighted by molar-refractivity contribution is 5.87. The van der Waals surface area contributed by atoms with E-state index in [2.05, 4.69) is 16.4 Å². The molecule has 1 N–H and O–H groups in total. The highest BCUT2D eigenvalue weighted by Crippen LogP contribution is 2.28. The van der Waals surface area contributed by atoms with Crippen LogP contribution in [0.4, 0.5) is 0 Å². The molecule has 1 fully saturated rings. The number of fused-ring (bicyclic) bond motifs is 1. The predicted octanol–water partition coefficient (Wildman–Crippen LogP) is 2.09. The van der Waals surface area contributed by atoms with Crippen molar-refractivity contribution in [3.05, 3.63) is 36.0 Å². The number of rotatable bonds is 3. The lowest BCUT2D eigenvalue weighted by molar-refractivity contribution is 0.262. The molecular formula is C15H15N3O. The number of nitriles is 1. The molecule has 1 aliphatic heterocycles. The molecule has 1 unspecified atom stereocenters. The van der Waals surface area contributed by atoms with Crippen molar-refractivity contribution < 1.29 is 4.74 Å². The molecule has 2 heterocycles. The first-order valence-corrected chi connectivity index (χ1v) is 6.50. The molecule has 0 amide bonds. The summed E-state index contributed by atoms with van der Waals surface area (Å²) in [6.45, 7) is 2.69. The maximum Gasteiger partial charge on any atom is 0.148 e. The maximum atomic E-state index is 9.19. The first-order valence-electron chi connectivity index (χ1n) is 6.50. The number of aromatic nitrogens is 1. The molecule has 0 bridgehead atoms. The monoisotopic (exact) mass is 253 g/mol. The quantitative estimate of drug-likeness (QED) is 0.910. The van der Waals surface area contributed by atoms with Gasteiger partial charge < -0.3 is 10.1 Å². The van der Waals surface area contributed by atoms with Crippen molar-refractivity contribution >= 4 is 10.9 Å². The van der Waals surface area contributed by atoms with Gasteiger partial charge in [-0.2, -0.15) is 5.26 Å². The first kappa shape index (κ1) is 11.9. The molecule has 96 valence electrons. The zero-order valence-electron chi connectivity index (χ0n) is 10.6. The molecule has 19 heavy (non-hydrogen) atoms. The summed E-state index contributed by atoms with van der Waals surface area (Å²) in [4.78, 5) is 4.28. The van der Waals surface area contributed by atoms with Crippen LogP contribution in [-0.2, 0) is 0 Å². The zero-order valence-corrected chi connectivity index (χ0v) is 10.6. The van der Waals surface area contributed by atoms with Crippen LogP contribution in [0.15, 0.2) is 30.5 Å². The molecule has 0 saturated carbocycles. The summed E-state index contributed by atoms with van der Waals surface area (Å²) < 4.78 is 5.92. The summed E-state index contributed by atoms with van der Waals surface area (Å²) in [5.41, 5.74) is 1.37. The maximum absolute atomic E-state index is 9.19. The Morgan fingerprint density at radius 1 is 1.42 bits per heavy atom. The van der Waals surface area contributed by atoms with E-state index < -0.39 is 0 Å². The van der Waals surface area contributed by atoms with Gasteiger partial charge in [-0.1, -0.05) is 12.1 Å². The van der Waals surface area contributed by atoms with Gasteiger partial charge in [0.05, 0.1) is 12.1 Å². The van der Waals surface area contributed by atoms with Gasteiger partial charge >= 0.3 is 0 Å². The van der Waals surface area contributed by atoms with Gasteiger partial charge in [-0.3, -0.25) is 4.98 Å². The third-order valence-corrected chi connectivity index (χ3v) is 3.47. The second-order valence-corrected chi connectivity index (χ2v) is 4.80. The molecule has 1 aromatic carbocycles. The van der Waals surface area contributed by atoms with Gasteiger partial charge in [-0.05, 0) is 25.1 Å². The van der Waals surface area contributed by atoms with E-state index in [0.29, 0.717) is 23.8 Å². The SMILES string of the molecule is N#Cc1cnc2ccccc2c1OCC1CCNC1. The Balaban J connectivity index is 1.93. The largest absolute Gasteiger partial charge is 0.491 e. The van der Waals surface area contributed by atoms with Crippen molar-refractivity contribution in [1.29, 1.82) is 5.26 Å². The van der Waals surface area contributed by atoms with Crippen LogP contribution in [0.3, 0.4) is 0 Å². The van der Waals surface area contributed by atoms with Gasteiger partial charge in [0.25, 0.3) is 0 Å². The fraction of sp³-hybridized carbons (Fsp3) is 0.333.